The van der Waals surface area contributed by atoms with Crippen LogP contribution in [0.1, 0.15) is 33.3 Å². The highest BCUT2D eigenvalue weighted by atomic mass is 16.5. The molecular formula is C15H21NO4. The predicted octanol–water partition coefficient (Wildman–Crippen LogP) is 2.41. The van der Waals surface area contributed by atoms with Crippen LogP contribution in [-0.4, -0.2) is 29.7 Å². The molecule has 5 nitrogen and oxygen atoms in total. The number of ether oxygens (including phenoxy) is 1. The number of methoxy groups -OCH3 is 1. The molecule has 1 aromatic carbocycles. The van der Waals surface area contributed by atoms with Crippen LogP contribution >= 0.6 is 0 Å². The van der Waals surface area contributed by atoms with Gasteiger partial charge in [-0.1, -0.05) is 12.1 Å². The summed E-state index contributed by atoms with van der Waals surface area (Å²) >= 11 is 0. The maximum atomic E-state index is 11.9. The molecule has 0 bridgehead atoms. The van der Waals surface area contributed by atoms with E-state index in [1.807, 2.05) is 0 Å². The van der Waals surface area contributed by atoms with Gasteiger partial charge in [-0.2, -0.15) is 0 Å². The van der Waals surface area contributed by atoms with Crippen LogP contribution in [0.2, 0.25) is 0 Å². The van der Waals surface area contributed by atoms with Crippen LogP contribution in [0.25, 0.3) is 0 Å². The molecule has 0 aliphatic carbocycles. The quantitative estimate of drug-likeness (QED) is 0.868. The number of hydrogen-bond acceptors (Lipinski definition) is 3. The molecule has 0 heterocycles. The molecule has 0 aliphatic heterocycles. The van der Waals surface area contributed by atoms with E-state index in [9.17, 15) is 9.59 Å². The summed E-state index contributed by atoms with van der Waals surface area (Å²) in [6.07, 6.45) is 0. The summed E-state index contributed by atoms with van der Waals surface area (Å²) in [5, 5.41) is 11.9. The number of anilines is 1. The first kappa shape index (κ1) is 16.2. The first-order chi connectivity index (χ1) is 9.11. The monoisotopic (exact) mass is 279 g/mol. The number of carbonyl (C=O) groups is 2. The van der Waals surface area contributed by atoms with Crippen molar-refractivity contribution in [1.29, 1.82) is 0 Å². The Bertz CT molecular complexity index is 503. The maximum absolute atomic E-state index is 11.9. The fourth-order valence-electron chi connectivity index (χ4n) is 1.47. The first-order valence-electron chi connectivity index (χ1n) is 6.32. The summed E-state index contributed by atoms with van der Waals surface area (Å²) in [6.45, 7) is 6.61. The van der Waals surface area contributed by atoms with Gasteiger partial charge in [0, 0.05) is 12.8 Å². The molecule has 5 heteroatoms. The van der Waals surface area contributed by atoms with Crippen molar-refractivity contribution in [2.75, 3.05) is 12.4 Å². The number of carbonyl (C=O) groups excluding carboxylic acids is 1. The molecule has 0 atom stereocenters. The fraction of sp³-hybridized carbons (Fsp3) is 0.467. The van der Waals surface area contributed by atoms with Crippen molar-refractivity contribution in [3.05, 3.63) is 29.8 Å². The lowest BCUT2D eigenvalue weighted by atomic mass is 9.85. The highest BCUT2D eigenvalue weighted by molar-refractivity contribution is 5.96. The zero-order chi connectivity index (χ0) is 15.6. The lowest BCUT2D eigenvalue weighted by Crippen LogP contribution is -2.38. The second-order valence-electron chi connectivity index (χ2n) is 5.68. The van der Waals surface area contributed by atoms with Crippen LogP contribution in [0.4, 0.5) is 5.69 Å². The minimum atomic E-state index is -0.964. The van der Waals surface area contributed by atoms with Gasteiger partial charge in [-0.25, -0.2) is 0 Å². The Morgan fingerprint density at radius 3 is 2.00 bits per heavy atom. The third-order valence-corrected chi connectivity index (χ3v) is 3.46. The first-order valence-corrected chi connectivity index (χ1v) is 6.32. The number of rotatable bonds is 5. The Balaban J connectivity index is 2.88. The van der Waals surface area contributed by atoms with Crippen LogP contribution in [0.15, 0.2) is 24.3 Å². The molecule has 1 rings (SSSR count). The van der Waals surface area contributed by atoms with Crippen molar-refractivity contribution in [3.63, 3.8) is 0 Å². The Morgan fingerprint density at radius 1 is 1.10 bits per heavy atom. The molecule has 0 unspecified atom stereocenters. The number of nitrogens with one attached hydrogen (secondary N) is 1. The van der Waals surface area contributed by atoms with Crippen molar-refractivity contribution >= 4 is 17.6 Å². The molecule has 0 saturated carbocycles. The van der Waals surface area contributed by atoms with Gasteiger partial charge in [0.15, 0.2) is 0 Å². The van der Waals surface area contributed by atoms with E-state index in [1.54, 1.807) is 52.0 Å². The minimum absolute atomic E-state index is 0.259. The number of carboxylic acids is 1. The Kier molecular flexibility index (Phi) is 4.55. The van der Waals surface area contributed by atoms with Crippen LogP contribution in [-0.2, 0) is 19.7 Å². The van der Waals surface area contributed by atoms with E-state index in [0.29, 0.717) is 11.3 Å². The van der Waals surface area contributed by atoms with E-state index in [4.69, 9.17) is 9.84 Å². The average Bonchev–Trinajstić information content (AvgIpc) is 2.39. The van der Waals surface area contributed by atoms with Crippen LogP contribution in [0.3, 0.4) is 0 Å². The van der Waals surface area contributed by atoms with Gasteiger partial charge in [0.05, 0.1) is 5.41 Å². The zero-order valence-corrected chi connectivity index (χ0v) is 12.5. The van der Waals surface area contributed by atoms with Crippen LogP contribution < -0.4 is 5.32 Å². The SMILES string of the molecule is COC(C)(C)C(=O)Nc1ccc(C(C)(C)C(=O)O)cc1. The predicted molar refractivity (Wildman–Crippen MR) is 76.8 cm³/mol. The van der Waals surface area contributed by atoms with E-state index in [1.165, 1.54) is 7.11 Å². The third-order valence-electron chi connectivity index (χ3n) is 3.46. The number of hydrogen-bond donors (Lipinski definition) is 2. The van der Waals surface area contributed by atoms with E-state index in [-0.39, 0.29) is 5.91 Å². The van der Waals surface area contributed by atoms with Gasteiger partial charge in [-0.3, -0.25) is 9.59 Å². The molecule has 0 saturated heterocycles. The van der Waals surface area contributed by atoms with Crippen molar-refractivity contribution in [2.24, 2.45) is 0 Å². The third kappa shape index (κ3) is 3.36. The summed E-state index contributed by atoms with van der Waals surface area (Å²) in [7, 11) is 1.47. The second-order valence-corrected chi connectivity index (χ2v) is 5.68. The van der Waals surface area contributed by atoms with Crippen molar-refractivity contribution < 1.29 is 19.4 Å². The molecule has 1 aromatic rings. The molecule has 0 aliphatic rings. The molecular weight excluding hydrogens is 258 g/mol. The molecule has 0 radical (unpaired) electrons. The highest BCUT2D eigenvalue weighted by Gasteiger charge is 2.30. The van der Waals surface area contributed by atoms with E-state index < -0.39 is 17.0 Å². The lowest BCUT2D eigenvalue weighted by Gasteiger charge is -2.22. The number of aliphatic carboxylic acids is 1. The fourth-order valence-corrected chi connectivity index (χ4v) is 1.47. The molecule has 0 aromatic heterocycles. The van der Waals surface area contributed by atoms with Gasteiger partial charge in [0.1, 0.15) is 5.60 Å². The van der Waals surface area contributed by atoms with E-state index in [2.05, 4.69) is 5.32 Å². The van der Waals surface area contributed by atoms with E-state index in [0.717, 1.165) is 0 Å². The number of carboxylic acid groups (broad SMARTS) is 1. The highest BCUT2D eigenvalue weighted by Crippen LogP contribution is 2.25. The Labute approximate surface area is 118 Å². The summed E-state index contributed by atoms with van der Waals surface area (Å²) in [6, 6.07) is 6.76. The van der Waals surface area contributed by atoms with Gasteiger partial charge in [0.2, 0.25) is 0 Å². The summed E-state index contributed by atoms with van der Waals surface area (Å²) in [5.74, 6) is -1.15. The largest absolute Gasteiger partial charge is 0.481 e. The molecule has 0 fully saturated rings. The van der Waals surface area contributed by atoms with Crippen LogP contribution in [0.5, 0.6) is 0 Å². The van der Waals surface area contributed by atoms with Gasteiger partial charge in [-0.15, -0.1) is 0 Å². The van der Waals surface area contributed by atoms with E-state index >= 15 is 0 Å². The van der Waals surface area contributed by atoms with Gasteiger partial charge in [-0.05, 0) is 45.4 Å². The molecule has 2 N–H and O–H groups in total. The Morgan fingerprint density at radius 2 is 1.60 bits per heavy atom. The Hall–Kier alpha value is -1.88. The molecule has 20 heavy (non-hydrogen) atoms. The summed E-state index contributed by atoms with van der Waals surface area (Å²) in [5.41, 5.74) is -0.605. The van der Waals surface area contributed by atoms with Gasteiger partial charge < -0.3 is 15.2 Å². The summed E-state index contributed by atoms with van der Waals surface area (Å²) in [4.78, 5) is 23.1. The number of amides is 1. The maximum Gasteiger partial charge on any atom is 0.313 e. The average molecular weight is 279 g/mol. The van der Waals surface area contributed by atoms with Gasteiger partial charge >= 0.3 is 5.97 Å². The van der Waals surface area contributed by atoms with Crippen molar-refractivity contribution in [3.8, 4) is 0 Å². The second kappa shape index (κ2) is 5.63. The topological polar surface area (TPSA) is 75.6 Å². The van der Waals surface area contributed by atoms with Crippen molar-refractivity contribution in [2.45, 2.75) is 38.7 Å². The smallest absolute Gasteiger partial charge is 0.313 e. The lowest BCUT2D eigenvalue weighted by molar-refractivity contribution is -0.142. The molecule has 0 spiro atoms. The molecule has 110 valence electrons. The summed E-state index contributed by atoms with van der Waals surface area (Å²) < 4.78 is 5.09. The standard InChI is InChI=1S/C15H21NO4/c1-14(2,13(18)19)10-6-8-11(9-7-10)16-12(17)15(3,4)20-5/h6-9H,1-5H3,(H,16,17)(H,18,19). The number of benzene rings is 1. The van der Waals surface area contributed by atoms with Gasteiger partial charge in [0.25, 0.3) is 5.91 Å². The van der Waals surface area contributed by atoms with Crippen molar-refractivity contribution in [1.82, 2.24) is 0 Å². The normalized spacial score (nSPS) is 12.1. The minimum Gasteiger partial charge on any atom is -0.481 e. The van der Waals surface area contributed by atoms with Crippen LogP contribution in [0, 0.1) is 0 Å². The zero-order valence-electron chi connectivity index (χ0n) is 12.5. The molecule has 1 amide bonds.